The summed E-state index contributed by atoms with van der Waals surface area (Å²) in [6, 6.07) is 10.6. The molecule has 2 aromatic carbocycles. The molecule has 1 aromatic heterocycles. The van der Waals surface area contributed by atoms with Gasteiger partial charge in [-0.2, -0.15) is 8.78 Å². The van der Waals surface area contributed by atoms with E-state index < -0.39 is 24.2 Å². The van der Waals surface area contributed by atoms with E-state index in [9.17, 15) is 18.4 Å². The molecule has 0 fully saturated rings. The van der Waals surface area contributed by atoms with Crippen molar-refractivity contribution in [3.05, 3.63) is 84.5 Å². The Bertz CT molecular complexity index is 1590. The van der Waals surface area contributed by atoms with Gasteiger partial charge in [-0.05, 0) is 43.2 Å². The maximum atomic E-state index is 13.8. The van der Waals surface area contributed by atoms with E-state index in [4.69, 9.17) is 19.2 Å². The highest BCUT2D eigenvalue weighted by Crippen LogP contribution is 2.38. The molecule has 3 heterocycles. The van der Waals surface area contributed by atoms with Crippen LogP contribution in [0, 0.1) is 0 Å². The lowest BCUT2D eigenvalue weighted by atomic mass is 9.94. The molecule has 38 heavy (non-hydrogen) atoms. The zero-order valence-electron chi connectivity index (χ0n) is 20.6. The van der Waals surface area contributed by atoms with Gasteiger partial charge in [-0.25, -0.2) is 9.79 Å². The number of aromatic nitrogens is 1. The SMILES string of the molecule is CCCC1=C(C(=O)OCC)[C@H](c2ccc3c(c2)OCO3)n2c(s/c(=C/c3ccccc3OC(F)F)c2=O)=N1. The number of carbonyl (C=O) groups is 1. The van der Waals surface area contributed by atoms with Crippen molar-refractivity contribution >= 4 is 23.4 Å². The second kappa shape index (κ2) is 10.8. The summed E-state index contributed by atoms with van der Waals surface area (Å²) in [6.07, 6.45) is 2.69. The molecule has 0 N–H and O–H groups in total. The van der Waals surface area contributed by atoms with Gasteiger partial charge in [-0.15, -0.1) is 0 Å². The van der Waals surface area contributed by atoms with Crippen LogP contribution in [0.5, 0.6) is 17.2 Å². The summed E-state index contributed by atoms with van der Waals surface area (Å²) in [7, 11) is 0. The lowest BCUT2D eigenvalue weighted by molar-refractivity contribution is -0.139. The second-order valence-electron chi connectivity index (χ2n) is 8.44. The molecule has 198 valence electrons. The minimum Gasteiger partial charge on any atom is -0.463 e. The molecule has 0 saturated carbocycles. The molecule has 2 aliphatic heterocycles. The number of ether oxygens (including phenoxy) is 4. The average molecular weight is 543 g/mol. The van der Waals surface area contributed by atoms with E-state index in [1.165, 1.54) is 16.7 Å². The smallest absolute Gasteiger partial charge is 0.387 e. The van der Waals surface area contributed by atoms with Crippen molar-refractivity contribution in [3.63, 3.8) is 0 Å². The van der Waals surface area contributed by atoms with Gasteiger partial charge >= 0.3 is 12.6 Å². The van der Waals surface area contributed by atoms with Crippen molar-refractivity contribution < 1.29 is 32.5 Å². The van der Waals surface area contributed by atoms with Crippen LogP contribution in [-0.2, 0) is 9.53 Å². The second-order valence-corrected chi connectivity index (χ2v) is 9.45. The van der Waals surface area contributed by atoms with Crippen LogP contribution in [0.1, 0.15) is 43.9 Å². The number of esters is 1. The van der Waals surface area contributed by atoms with Crippen LogP contribution in [0.15, 0.2) is 63.5 Å². The Morgan fingerprint density at radius 1 is 1.21 bits per heavy atom. The van der Waals surface area contributed by atoms with E-state index >= 15 is 0 Å². The van der Waals surface area contributed by atoms with Crippen molar-refractivity contribution in [3.8, 4) is 17.2 Å². The molecule has 2 aliphatic rings. The van der Waals surface area contributed by atoms with Crippen LogP contribution in [0.3, 0.4) is 0 Å². The Labute approximate surface area is 220 Å². The number of benzene rings is 2. The average Bonchev–Trinajstić information content (AvgIpc) is 3.48. The first-order valence-corrected chi connectivity index (χ1v) is 12.9. The van der Waals surface area contributed by atoms with E-state index in [0.29, 0.717) is 46.0 Å². The summed E-state index contributed by atoms with van der Waals surface area (Å²) in [4.78, 5) is 32.2. The Hall–Kier alpha value is -3.99. The van der Waals surface area contributed by atoms with E-state index in [2.05, 4.69) is 4.74 Å². The largest absolute Gasteiger partial charge is 0.463 e. The van der Waals surface area contributed by atoms with Crippen LogP contribution in [0.25, 0.3) is 6.08 Å². The van der Waals surface area contributed by atoms with E-state index in [1.54, 1.807) is 43.3 Å². The fourth-order valence-corrected chi connectivity index (χ4v) is 5.47. The molecule has 0 amide bonds. The minimum atomic E-state index is -3.01. The summed E-state index contributed by atoms with van der Waals surface area (Å²) < 4.78 is 48.6. The van der Waals surface area contributed by atoms with Crippen molar-refractivity contribution in [1.29, 1.82) is 0 Å². The van der Waals surface area contributed by atoms with Crippen LogP contribution >= 0.6 is 11.3 Å². The molecule has 0 radical (unpaired) electrons. The van der Waals surface area contributed by atoms with Crippen LogP contribution < -0.4 is 29.1 Å². The Kier molecular flexibility index (Phi) is 7.28. The molecule has 0 saturated heterocycles. The fraction of sp³-hybridized carbons (Fsp3) is 0.296. The van der Waals surface area contributed by atoms with Gasteiger partial charge in [-0.3, -0.25) is 9.36 Å². The van der Waals surface area contributed by atoms with Gasteiger partial charge in [0, 0.05) is 5.56 Å². The first kappa shape index (κ1) is 25.7. The van der Waals surface area contributed by atoms with Crippen LogP contribution in [0.2, 0.25) is 0 Å². The molecule has 11 heteroatoms. The predicted molar refractivity (Wildman–Crippen MR) is 135 cm³/mol. The number of para-hydroxylation sites is 1. The standard InChI is InChI=1S/C27H24F2N2O6S/c1-3-7-17-22(25(33)34-4-2)23(16-10-11-19-20(12-16)36-14-35-19)31-24(32)21(38-27(31)30-17)13-15-8-5-6-9-18(15)37-26(28)29/h5-6,8-13,23,26H,3-4,7,14H2,1-2H3/b21-13+/t23-/m0/s1. The van der Waals surface area contributed by atoms with Crippen LogP contribution in [-0.4, -0.2) is 30.5 Å². The Morgan fingerprint density at radius 2 is 2.00 bits per heavy atom. The number of fused-ring (bicyclic) bond motifs is 2. The monoisotopic (exact) mass is 542 g/mol. The summed E-state index contributed by atoms with van der Waals surface area (Å²) >= 11 is 1.11. The van der Waals surface area contributed by atoms with Gasteiger partial charge in [0.15, 0.2) is 16.3 Å². The predicted octanol–water partition coefficient (Wildman–Crippen LogP) is 3.91. The van der Waals surface area contributed by atoms with E-state index in [0.717, 1.165) is 11.3 Å². The number of rotatable bonds is 8. The topological polar surface area (TPSA) is 88.4 Å². The summed E-state index contributed by atoms with van der Waals surface area (Å²) in [5, 5.41) is 0. The molecule has 0 aliphatic carbocycles. The molecule has 0 unspecified atom stereocenters. The van der Waals surface area contributed by atoms with Gasteiger partial charge in [0.25, 0.3) is 5.56 Å². The summed E-state index contributed by atoms with van der Waals surface area (Å²) in [5.41, 5.74) is 1.31. The summed E-state index contributed by atoms with van der Waals surface area (Å²) in [5.74, 6) is 0.444. The first-order chi connectivity index (χ1) is 18.4. The molecule has 5 rings (SSSR count). The van der Waals surface area contributed by atoms with Gasteiger partial charge in [0.1, 0.15) is 5.75 Å². The number of halogens is 2. The number of thiazole rings is 1. The molecule has 1 atom stereocenters. The number of hydrogen-bond acceptors (Lipinski definition) is 8. The number of nitrogens with zero attached hydrogens (tertiary/aromatic N) is 2. The van der Waals surface area contributed by atoms with Gasteiger partial charge in [0.05, 0.1) is 28.5 Å². The van der Waals surface area contributed by atoms with Gasteiger partial charge in [0.2, 0.25) is 6.79 Å². The van der Waals surface area contributed by atoms with E-state index in [1.807, 2.05) is 6.92 Å². The Morgan fingerprint density at radius 3 is 2.76 bits per heavy atom. The molecular formula is C27H24F2N2O6S. The maximum absolute atomic E-state index is 13.8. The summed E-state index contributed by atoms with van der Waals surface area (Å²) in [6.45, 7) is 0.891. The normalized spacial score (nSPS) is 16.4. The van der Waals surface area contributed by atoms with Crippen molar-refractivity contribution in [2.45, 2.75) is 39.3 Å². The fourth-order valence-electron chi connectivity index (χ4n) is 4.46. The van der Waals surface area contributed by atoms with Gasteiger partial charge in [-0.1, -0.05) is 48.9 Å². The Balaban J connectivity index is 1.74. The van der Waals surface area contributed by atoms with E-state index in [-0.39, 0.29) is 29.3 Å². The van der Waals surface area contributed by atoms with Gasteiger partial charge < -0.3 is 18.9 Å². The molecule has 0 spiro atoms. The number of alkyl halides is 2. The minimum absolute atomic E-state index is 0.0560. The lowest BCUT2D eigenvalue weighted by Crippen LogP contribution is -2.40. The molecule has 0 bridgehead atoms. The number of allylic oxidation sites excluding steroid dienone is 1. The molecular weight excluding hydrogens is 518 g/mol. The zero-order valence-corrected chi connectivity index (χ0v) is 21.4. The third kappa shape index (κ3) is 4.81. The molecule has 3 aromatic rings. The maximum Gasteiger partial charge on any atom is 0.387 e. The molecule has 8 nitrogen and oxygen atoms in total. The first-order valence-electron chi connectivity index (χ1n) is 12.1. The highest BCUT2D eigenvalue weighted by molar-refractivity contribution is 7.07. The van der Waals surface area contributed by atoms with Crippen molar-refractivity contribution in [2.75, 3.05) is 13.4 Å². The third-order valence-corrected chi connectivity index (χ3v) is 7.01. The highest BCUT2D eigenvalue weighted by atomic mass is 32.1. The number of hydrogen-bond donors (Lipinski definition) is 0. The van der Waals surface area contributed by atoms with Crippen molar-refractivity contribution in [2.24, 2.45) is 4.99 Å². The van der Waals surface area contributed by atoms with Crippen molar-refractivity contribution in [1.82, 2.24) is 4.57 Å². The van der Waals surface area contributed by atoms with Crippen LogP contribution in [0.4, 0.5) is 8.78 Å². The zero-order chi connectivity index (χ0) is 26.8. The lowest BCUT2D eigenvalue weighted by Gasteiger charge is -2.25. The third-order valence-electron chi connectivity index (χ3n) is 6.03. The quantitative estimate of drug-likeness (QED) is 0.401. The number of carbonyl (C=O) groups excluding carboxylic acids is 1. The highest BCUT2D eigenvalue weighted by Gasteiger charge is 2.35.